The Morgan fingerprint density at radius 2 is 1.67 bits per heavy atom. The molecule has 1 heterocycles. The second-order valence-corrected chi connectivity index (χ2v) is 7.98. The van der Waals surface area contributed by atoms with Crippen LogP contribution in [0.25, 0.3) is 10.9 Å². The molecule has 0 aliphatic rings. The number of para-hydroxylation sites is 1. The van der Waals surface area contributed by atoms with Crippen molar-refractivity contribution in [2.24, 2.45) is 0 Å². The maximum atomic E-state index is 13.1. The van der Waals surface area contributed by atoms with Crippen LogP contribution in [-0.2, 0) is 10.0 Å². The Balaban J connectivity index is 2.10. The summed E-state index contributed by atoms with van der Waals surface area (Å²) < 4.78 is 32.9. The van der Waals surface area contributed by atoms with E-state index in [4.69, 9.17) is 4.74 Å². The molecule has 3 rings (SSSR count). The zero-order valence-electron chi connectivity index (χ0n) is 15.5. The molecule has 1 amide bonds. The number of ether oxygens (including phenoxy) is 1. The highest BCUT2D eigenvalue weighted by Gasteiger charge is 2.23. The van der Waals surface area contributed by atoms with Crippen molar-refractivity contribution >= 4 is 27.0 Å². The van der Waals surface area contributed by atoms with Crippen LogP contribution in [0.1, 0.15) is 19.4 Å². The quantitative estimate of drug-likeness (QED) is 0.664. The number of carbonyl (C=O) groups is 1. The molecular formula is C20H22N2O4S. The monoisotopic (exact) mass is 386 g/mol. The summed E-state index contributed by atoms with van der Waals surface area (Å²) >= 11 is 0. The van der Waals surface area contributed by atoms with Gasteiger partial charge in [-0.25, -0.2) is 17.2 Å². The van der Waals surface area contributed by atoms with E-state index in [0.717, 1.165) is 9.54 Å². The number of fused-ring (bicyclic) bond motifs is 1. The maximum absolute atomic E-state index is 13.1. The van der Waals surface area contributed by atoms with E-state index in [1.165, 1.54) is 11.1 Å². The first kappa shape index (κ1) is 19.0. The molecule has 0 radical (unpaired) electrons. The Morgan fingerprint density at radius 3 is 2.30 bits per heavy atom. The fourth-order valence-corrected chi connectivity index (χ4v) is 4.22. The molecule has 0 N–H and O–H groups in total. The molecule has 2 aromatic carbocycles. The summed E-state index contributed by atoms with van der Waals surface area (Å²) in [6, 6.07) is 13.6. The minimum Gasteiger partial charge on any atom is -0.408 e. The number of hydrogen-bond donors (Lipinski definition) is 0. The summed E-state index contributed by atoms with van der Waals surface area (Å²) in [6.07, 6.45) is 0.858. The van der Waals surface area contributed by atoms with Crippen molar-refractivity contribution in [1.82, 2.24) is 8.87 Å². The molecule has 7 heteroatoms. The van der Waals surface area contributed by atoms with Crippen LogP contribution in [0.2, 0.25) is 0 Å². The number of nitrogens with zero attached hydrogens (tertiary/aromatic N) is 2. The third kappa shape index (κ3) is 3.55. The highest BCUT2D eigenvalue weighted by atomic mass is 32.2. The van der Waals surface area contributed by atoms with Crippen LogP contribution in [-0.4, -0.2) is 36.5 Å². The van der Waals surface area contributed by atoms with Gasteiger partial charge in [0.15, 0.2) is 5.75 Å². The fourth-order valence-electron chi connectivity index (χ4n) is 2.86. The van der Waals surface area contributed by atoms with Crippen LogP contribution in [0.3, 0.4) is 0 Å². The van der Waals surface area contributed by atoms with E-state index in [9.17, 15) is 13.2 Å². The number of aryl methyl sites for hydroxylation is 1. The van der Waals surface area contributed by atoms with Gasteiger partial charge in [0.05, 0.1) is 16.6 Å². The van der Waals surface area contributed by atoms with E-state index >= 15 is 0 Å². The van der Waals surface area contributed by atoms with Gasteiger partial charge in [0.1, 0.15) is 0 Å². The number of benzene rings is 2. The van der Waals surface area contributed by atoms with Crippen LogP contribution < -0.4 is 4.74 Å². The fraction of sp³-hybridized carbons (Fsp3) is 0.250. The molecular weight excluding hydrogens is 364 g/mol. The first-order valence-corrected chi connectivity index (χ1v) is 10.2. The lowest BCUT2D eigenvalue weighted by Gasteiger charge is -2.17. The summed E-state index contributed by atoms with van der Waals surface area (Å²) in [5, 5.41) is 0.564. The lowest BCUT2D eigenvalue weighted by Crippen LogP contribution is -2.33. The predicted octanol–water partition coefficient (Wildman–Crippen LogP) is 4.03. The van der Waals surface area contributed by atoms with Gasteiger partial charge < -0.3 is 9.64 Å². The second kappa shape index (κ2) is 7.44. The Morgan fingerprint density at radius 1 is 1.04 bits per heavy atom. The zero-order valence-corrected chi connectivity index (χ0v) is 16.4. The minimum absolute atomic E-state index is 0.176. The maximum Gasteiger partial charge on any atom is 0.415 e. The van der Waals surface area contributed by atoms with E-state index in [-0.39, 0.29) is 10.6 Å². The SMILES string of the molecule is CCN(CC)C(=O)Oc1cn(S(=O)(=O)c2ccc(C)cc2)c2ccccc12. The predicted molar refractivity (Wildman–Crippen MR) is 105 cm³/mol. The highest BCUT2D eigenvalue weighted by molar-refractivity contribution is 7.90. The smallest absolute Gasteiger partial charge is 0.408 e. The number of carbonyl (C=O) groups excluding carboxylic acids is 1. The average Bonchev–Trinajstić information content (AvgIpc) is 3.02. The molecule has 3 aromatic rings. The lowest BCUT2D eigenvalue weighted by molar-refractivity contribution is 0.158. The van der Waals surface area contributed by atoms with Gasteiger partial charge in [0, 0.05) is 18.5 Å². The van der Waals surface area contributed by atoms with Crippen molar-refractivity contribution in [3.05, 3.63) is 60.3 Å². The molecule has 0 saturated heterocycles. The minimum atomic E-state index is -3.82. The van der Waals surface area contributed by atoms with Crippen molar-refractivity contribution in [2.45, 2.75) is 25.7 Å². The van der Waals surface area contributed by atoms with Gasteiger partial charge in [-0.1, -0.05) is 29.8 Å². The molecule has 0 bridgehead atoms. The zero-order chi connectivity index (χ0) is 19.6. The van der Waals surface area contributed by atoms with Crippen molar-refractivity contribution < 1.29 is 17.9 Å². The van der Waals surface area contributed by atoms with Crippen LogP contribution in [0, 0.1) is 6.92 Å². The number of aromatic nitrogens is 1. The highest BCUT2D eigenvalue weighted by Crippen LogP contribution is 2.31. The van der Waals surface area contributed by atoms with Gasteiger partial charge in [-0.2, -0.15) is 0 Å². The molecule has 0 aliphatic carbocycles. The Hall–Kier alpha value is -2.80. The Bertz CT molecular complexity index is 1070. The van der Waals surface area contributed by atoms with Gasteiger partial charge in [-0.05, 0) is 45.0 Å². The van der Waals surface area contributed by atoms with Crippen LogP contribution in [0.4, 0.5) is 4.79 Å². The molecule has 27 heavy (non-hydrogen) atoms. The molecule has 0 unspecified atom stereocenters. The van der Waals surface area contributed by atoms with Gasteiger partial charge in [-0.3, -0.25) is 0 Å². The van der Waals surface area contributed by atoms with Gasteiger partial charge in [-0.15, -0.1) is 0 Å². The van der Waals surface area contributed by atoms with Crippen LogP contribution >= 0.6 is 0 Å². The third-order valence-corrected chi connectivity index (χ3v) is 6.13. The molecule has 0 fully saturated rings. The van der Waals surface area contributed by atoms with Gasteiger partial charge >= 0.3 is 6.09 Å². The second-order valence-electron chi connectivity index (χ2n) is 6.16. The molecule has 1 aromatic heterocycles. The topological polar surface area (TPSA) is 68.6 Å². The first-order chi connectivity index (χ1) is 12.9. The molecule has 0 saturated carbocycles. The van der Waals surface area contributed by atoms with Crippen molar-refractivity contribution in [2.75, 3.05) is 13.1 Å². The van der Waals surface area contributed by atoms with Crippen molar-refractivity contribution in [3.8, 4) is 5.75 Å². The largest absolute Gasteiger partial charge is 0.415 e. The molecule has 0 spiro atoms. The van der Waals surface area contributed by atoms with Gasteiger partial charge in [0.25, 0.3) is 10.0 Å². The standard InChI is InChI=1S/C20H22N2O4S/c1-4-21(5-2)20(23)26-19-14-22(18-9-7-6-8-17(18)19)27(24,25)16-12-10-15(3)11-13-16/h6-14H,4-5H2,1-3H3. The Labute approximate surface area is 159 Å². The summed E-state index contributed by atoms with van der Waals surface area (Å²) in [5.41, 5.74) is 1.43. The van der Waals surface area contributed by atoms with Gasteiger partial charge in [0.2, 0.25) is 0 Å². The van der Waals surface area contributed by atoms with E-state index in [1.54, 1.807) is 48.5 Å². The molecule has 142 valence electrons. The summed E-state index contributed by atoms with van der Waals surface area (Å²) in [7, 11) is -3.82. The Kier molecular flexibility index (Phi) is 5.23. The lowest BCUT2D eigenvalue weighted by atomic mass is 10.2. The molecule has 0 atom stereocenters. The summed E-state index contributed by atoms with van der Waals surface area (Å²) in [5.74, 6) is 0.221. The van der Waals surface area contributed by atoms with E-state index in [0.29, 0.717) is 24.0 Å². The summed E-state index contributed by atoms with van der Waals surface area (Å²) in [6.45, 7) is 6.63. The summed E-state index contributed by atoms with van der Waals surface area (Å²) in [4.78, 5) is 14.0. The first-order valence-electron chi connectivity index (χ1n) is 8.77. The van der Waals surface area contributed by atoms with Crippen LogP contribution in [0.15, 0.2) is 59.6 Å². The van der Waals surface area contributed by atoms with E-state index in [2.05, 4.69) is 0 Å². The van der Waals surface area contributed by atoms with Crippen LogP contribution in [0.5, 0.6) is 5.75 Å². The van der Waals surface area contributed by atoms with E-state index < -0.39 is 16.1 Å². The van der Waals surface area contributed by atoms with Crippen molar-refractivity contribution in [3.63, 3.8) is 0 Å². The number of hydrogen-bond acceptors (Lipinski definition) is 4. The third-order valence-electron chi connectivity index (χ3n) is 4.44. The average molecular weight is 386 g/mol. The normalized spacial score (nSPS) is 11.5. The number of rotatable bonds is 5. The van der Waals surface area contributed by atoms with E-state index in [1.807, 2.05) is 20.8 Å². The molecule has 0 aliphatic heterocycles. The van der Waals surface area contributed by atoms with Crippen molar-refractivity contribution in [1.29, 1.82) is 0 Å². The molecule has 6 nitrogen and oxygen atoms in total. The number of amides is 1.